The highest BCUT2D eigenvalue weighted by atomic mass is 31.2. The van der Waals surface area contributed by atoms with Crippen molar-refractivity contribution in [2.45, 2.75) is 31.1 Å². The fourth-order valence-corrected chi connectivity index (χ4v) is 4.32. The summed E-state index contributed by atoms with van der Waals surface area (Å²) >= 11 is 0. The molecule has 0 aliphatic heterocycles. The van der Waals surface area contributed by atoms with Crippen molar-refractivity contribution in [3.05, 3.63) is 71.3 Å². The first-order valence-electron chi connectivity index (χ1n) is 9.66. The molecule has 2 aromatic carbocycles. The molecule has 0 aromatic heterocycles. The third-order valence-corrected chi connectivity index (χ3v) is 6.61. The van der Waals surface area contributed by atoms with E-state index in [9.17, 15) is 37.3 Å². The van der Waals surface area contributed by atoms with Gasteiger partial charge in [0.2, 0.25) is 7.37 Å². The molecule has 2 aromatic rings. The van der Waals surface area contributed by atoms with Gasteiger partial charge < -0.3 is 24.8 Å². The molecular formula is C21H23F3NO7P. The minimum Gasteiger partial charge on any atom is -0.467 e. The Hall–Kier alpha value is -2.88. The highest BCUT2D eigenvalue weighted by Crippen LogP contribution is 2.54. The van der Waals surface area contributed by atoms with E-state index in [0.717, 1.165) is 19.2 Å². The lowest BCUT2D eigenvalue weighted by Gasteiger charge is -2.22. The Morgan fingerprint density at radius 1 is 1.09 bits per heavy atom. The lowest BCUT2D eigenvalue weighted by Crippen LogP contribution is -2.42. The van der Waals surface area contributed by atoms with Crippen LogP contribution in [0.25, 0.3) is 0 Å². The van der Waals surface area contributed by atoms with E-state index in [2.05, 4.69) is 10.1 Å². The molecule has 0 saturated heterocycles. The van der Waals surface area contributed by atoms with Crippen molar-refractivity contribution in [3.63, 3.8) is 0 Å². The van der Waals surface area contributed by atoms with Crippen LogP contribution in [0.15, 0.2) is 54.6 Å². The minimum atomic E-state index is -4.60. The second-order valence-corrected chi connectivity index (χ2v) is 9.49. The summed E-state index contributed by atoms with van der Waals surface area (Å²) in [6.45, 7) is -0.0777. The van der Waals surface area contributed by atoms with Crippen LogP contribution >= 0.6 is 7.37 Å². The van der Waals surface area contributed by atoms with Gasteiger partial charge in [-0.15, -0.1) is 0 Å². The number of esters is 1. The van der Waals surface area contributed by atoms with Crippen LogP contribution < -0.4 is 5.32 Å². The highest BCUT2D eigenvalue weighted by Gasteiger charge is 2.35. The number of hydrogen-bond acceptors (Lipinski definition) is 6. The third kappa shape index (κ3) is 7.88. The summed E-state index contributed by atoms with van der Waals surface area (Å²) < 4.78 is 60.2. The Morgan fingerprint density at radius 2 is 1.70 bits per heavy atom. The molecule has 0 saturated carbocycles. The monoisotopic (exact) mass is 489 g/mol. The topological polar surface area (TPSA) is 122 Å². The predicted octanol–water partition coefficient (Wildman–Crippen LogP) is 3.82. The van der Waals surface area contributed by atoms with Crippen molar-refractivity contribution < 1.29 is 46.8 Å². The van der Waals surface area contributed by atoms with Crippen LogP contribution in [0.2, 0.25) is 0 Å². The Kier molecular flexibility index (Phi) is 9.04. The van der Waals surface area contributed by atoms with Crippen molar-refractivity contribution in [1.29, 1.82) is 0 Å². The van der Waals surface area contributed by atoms with E-state index in [-0.39, 0.29) is 12.2 Å². The zero-order chi connectivity index (χ0) is 24.6. The van der Waals surface area contributed by atoms with E-state index < -0.39 is 55.6 Å². The van der Waals surface area contributed by atoms with E-state index in [0.29, 0.717) is 17.7 Å². The zero-order valence-corrected chi connectivity index (χ0v) is 18.4. The fraction of sp³-hybridized carbons (Fsp3) is 0.333. The van der Waals surface area contributed by atoms with E-state index in [4.69, 9.17) is 4.74 Å². The van der Waals surface area contributed by atoms with Gasteiger partial charge in [-0.3, -0.25) is 4.57 Å². The number of aliphatic hydroxyl groups is 1. The summed E-state index contributed by atoms with van der Waals surface area (Å²) in [6.07, 6.45) is -6.58. The molecule has 0 heterocycles. The molecule has 0 radical (unpaired) electrons. The summed E-state index contributed by atoms with van der Waals surface area (Å²) in [5.41, 5.74) is -0.476. The smallest absolute Gasteiger partial charge is 0.416 e. The lowest BCUT2D eigenvalue weighted by molar-refractivity contribution is -0.143. The highest BCUT2D eigenvalue weighted by molar-refractivity contribution is 7.58. The molecule has 3 atom stereocenters. The predicted molar refractivity (Wildman–Crippen MR) is 111 cm³/mol. The zero-order valence-electron chi connectivity index (χ0n) is 17.5. The molecule has 0 aliphatic carbocycles. The normalized spacial score (nSPS) is 15.1. The van der Waals surface area contributed by atoms with Crippen LogP contribution in [-0.2, 0) is 31.6 Å². The first-order chi connectivity index (χ1) is 15.4. The van der Waals surface area contributed by atoms with Gasteiger partial charge in [0, 0.05) is 6.16 Å². The number of methoxy groups -OCH3 is 1. The van der Waals surface area contributed by atoms with Gasteiger partial charge in [0.25, 0.3) is 0 Å². The summed E-state index contributed by atoms with van der Waals surface area (Å²) in [6, 6.07) is 10.5. The summed E-state index contributed by atoms with van der Waals surface area (Å²) in [5, 5.41) is 12.5. The molecular weight excluding hydrogens is 466 g/mol. The second-order valence-electron chi connectivity index (χ2n) is 7.04. The number of carbonyl (C=O) groups is 2. The standard InChI is InChI=1S/C21H23F3NO7P/c1-31-18(26)17(25-20(28)32-13-14-5-3-2-4-6-14)11-12-33(29,30)19(27)15-7-9-16(10-8-15)21(22,23)24/h2-10,17,19,27H,11-13H2,1H3,(H,25,28)(H,29,30)/t17-,19?/m0/s1. The van der Waals surface area contributed by atoms with Gasteiger partial charge in [0.05, 0.1) is 12.7 Å². The van der Waals surface area contributed by atoms with Gasteiger partial charge in [0.15, 0.2) is 5.85 Å². The minimum absolute atomic E-state index is 0.0777. The van der Waals surface area contributed by atoms with Gasteiger partial charge in [-0.2, -0.15) is 13.2 Å². The number of alkyl halides is 3. The maximum absolute atomic E-state index is 12.7. The number of alkyl carbamates (subject to hydrolysis) is 1. The Labute approximate surface area is 187 Å². The molecule has 0 aliphatic rings. The molecule has 0 bridgehead atoms. The molecule has 8 nitrogen and oxygen atoms in total. The molecule has 180 valence electrons. The first-order valence-corrected chi connectivity index (χ1v) is 11.6. The number of ether oxygens (including phenoxy) is 2. The van der Waals surface area contributed by atoms with Gasteiger partial charge in [-0.25, -0.2) is 9.59 Å². The first kappa shape index (κ1) is 26.4. The van der Waals surface area contributed by atoms with Crippen molar-refractivity contribution >= 4 is 19.4 Å². The fourth-order valence-electron chi connectivity index (χ4n) is 2.81. The van der Waals surface area contributed by atoms with Crippen LogP contribution in [-0.4, -0.2) is 41.4 Å². The van der Waals surface area contributed by atoms with Crippen LogP contribution in [0.1, 0.15) is 29.0 Å². The average Bonchev–Trinajstić information content (AvgIpc) is 2.79. The van der Waals surface area contributed by atoms with E-state index >= 15 is 0 Å². The molecule has 0 fully saturated rings. The van der Waals surface area contributed by atoms with E-state index in [1.54, 1.807) is 30.3 Å². The van der Waals surface area contributed by atoms with Crippen LogP contribution in [0.3, 0.4) is 0 Å². The van der Waals surface area contributed by atoms with E-state index in [1.165, 1.54) is 0 Å². The molecule has 2 rings (SSSR count). The number of rotatable bonds is 9. The van der Waals surface area contributed by atoms with Crippen molar-refractivity contribution in [2.75, 3.05) is 13.3 Å². The Morgan fingerprint density at radius 3 is 2.24 bits per heavy atom. The van der Waals surface area contributed by atoms with Crippen molar-refractivity contribution in [3.8, 4) is 0 Å². The summed E-state index contributed by atoms with van der Waals surface area (Å²) in [5.74, 6) is -2.89. The number of amides is 1. The summed E-state index contributed by atoms with van der Waals surface area (Å²) in [7, 11) is -3.34. The number of hydrogen-bond donors (Lipinski definition) is 3. The van der Waals surface area contributed by atoms with Gasteiger partial charge in [0.1, 0.15) is 12.6 Å². The Balaban J connectivity index is 1.99. The SMILES string of the molecule is COC(=O)[C@H](CCP(=O)(O)C(O)c1ccc(C(F)(F)F)cc1)NC(=O)OCc1ccccc1. The van der Waals surface area contributed by atoms with Crippen LogP contribution in [0, 0.1) is 0 Å². The average molecular weight is 489 g/mol. The molecule has 2 unspecified atom stereocenters. The maximum Gasteiger partial charge on any atom is 0.416 e. The molecule has 0 spiro atoms. The number of benzene rings is 2. The number of aliphatic hydroxyl groups excluding tert-OH is 1. The van der Waals surface area contributed by atoms with Crippen molar-refractivity contribution in [2.24, 2.45) is 0 Å². The molecule has 33 heavy (non-hydrogen) atoms. The van der Waals surface area contributed by atoms with E-state index in [1.807, 2.05) is 0 Å². The quantitative estimate of drug-likeness (QED) is 0.362. The Bertz CT molecular complexity index is 984. The largest absolute Gasteiger partial charge is 0.467 e. The lowest BCUT2D eigenvalue weighted by atomic mass is 10.1. The number of nitrogens with one attached hydrogen (secondary N) is 1. The molecule has 1 amide bonds. The number of carbonyl (C=O) groups excluding carboxylic acids is 2. The van der Waals surface area contributed by atoms with Crippen LogP contribution in [0.4, 0.5) is 18.0 Å². The second kappa shape index (κ2) is 11.3. The van der Waals surface area contributed by atoms with Crippen molar-refractivity contribution in [1.82, 2.24) is 5.32 Å². The van der Waals surface area contributed by atoms with Crippen LogP contribution in [0.5, 0.6) is 0 Å². The van der Waals surface area contributed by atoms with Gasteiger partial charge in [-0.1, -0.05) is 42.5 Å². The summed E-state index contributed by atoms with van der Waals surface area (Å²) in [4.78, 5) is 34.2. The molecule has 3 N–H and O–H groups in total. The third-order valence-electron chi connectivity index (χ3n) is 4.65. The molecule has 12 heteroatoms. The van der Waals surface area contributed by atoms with Gasteiger partial charge >= 0.3 is 18.2 Å². The number of halogens is 3. The maximum atomic E-state index is 12.7. The van der Waals surface area contributed by atoms with Gasteiger partial charge in [-0.05, 0) is 29.7 Å².